The number of epoxide rings is 1. The lowest BCUT2D eigenvalue weighted by atomic mass is 9.83. The number of ether oxygens (including phenoxy) is 5. The number of nitrogens with one attached hydrogen (secondary N) is 2. The molecule has 242 valence electrons. The zero-order valence-corrected chi connectivity index (χ0v) is 27.0. The average Bonchev–Trinajstić information content (AvgIpc) is 3.62. The molecule has 0 aliphatic carbocycles. The van der Waals surface area contributed by atoms with Gasteiger partial charge < -0.3 is 34.1 Å². The highest BCUT2D eigenvalue weighted by Crippen LogP contribution is 2.49. The minimum absolute atomic E-state index is 0.00378. The Hall–Kier alpha value is -3.12. The molecule has 3 aliphatic rings. The van der Waals surface area contributed by atoms with Crippen molar-refractivity contribution in [2.24, 2.45) is 11.8 Å². The standard InChI is InChI=1S/C32H43ClN2O9/c1-17(2)11-27(37)43-25-15-26(36)34-21-13-20(14-22(40-6)28(21)33)12-18(3)9-8-10-24(41-7)32(39)16-23(42-30(38)35-32)19(4)29-31(25,5)44-29/h8-10,13-14,17,19,23-25,29,39H,11-12,15-16H2,1-7H3,(H,34,36)(H,35,38). The Morgan fingerprint density at radius 2 is 1.98 bits per heavy atom. The molecule has 4 rings (SSSR count). The maximum Gasteiger partial charge on any atom is 0.409 e. The number of carbonyl (C=O) groups is 3. The molecule has 12 heteroatoms. The van der Waals surface area contributed by atoms with Gasteiger partial charge in [0.05, 0.1) is 25.3 Å². The van der Waals surface area contributed by atoms with Crippen molar-refractivity contribution in [3.8, 4) is 5.75 Å². The summed E-state index contributed by atoms with van der Waals surface area (Å²) in [6.45, 7) is 9.32. The molecule has 2 saturated heterocycles. The number of aliphatic hydroxyl groups is 1. The number of rotatable bonds is 5. The molecular weight excluding hydrogens is 592 g/mol. The number of anilines is 1. The topological polar surface area (TPSA) is 145 Å². The van der Waals surface area contributed by atoms with Gasteiger partial charge in [0, 0.05) is 25.9 Å². The quantitative estimate of drug-likeness (QED) is 0.310. The van der Waals surface area contributed by atoms with E-state index >= 15 is 0 Å². The van der Waals surface area contributed by atoms with E-state index in [1.807, 2.05) is 33.8 Å². The van der Waals surface area contributed by atoms with Crippen molar-refractivity contribution in [1.82, 2.24) is 5.32 Å². The van der Waals surface area contributed by atoms with Crippen molar-refractivity contribution in [1.29, 1.82) is 0 Å². The normalized spacial score (nSPS) is 32.5. The van der Waals surface area contributed by atoms with Crippen LogP contribution in [0.2, 0.25) is 5.02 Å². The van der Waals surface area contributed by atoms with Crippen LogP contribution in [0.1, 0.15) is 59.4 Å². The fraction of sp³-hybridized carbons (Fsp3) is 0.594. The Kier molecular flexibility index (Phi) is 10.3. The Morgan fingerprint density at radius 3 is 2.64 bits per heavy atom. The van der Waals surface area contributed by atoms with E-state index in [-0.39, 0.29) is 30.2 Å². The van der Waals surface area contributed by atoms with Crippen molar-refractivity contribution >= 4 is 35.3 Å². The van der Waals surface area contributed by atoms with Crippen LogP contribution in [-0.4, -0.2) is 73.0 Å². The van der Waals surface area contributed by atoms with Gasteiger partial charge in [0.1, 0.15) is 34.7 Å². The van der Waals surface area contributed by atoms with Crippen molar-refractivity contribution in [2.45, 2.75) is 96.0 Å². The monoisotopic (exact) mass is 634 g/mol. The van der Waals surface area contributed by atoms with Gasteiger partial charge in [-0.25, -0.2) is 4.79 Å². The van der Waals surface area contributed by atoms with E-state index in [0.717, 1.165) is 11.1 Å². The Bertz CT molecular complexity index is 1330. The van der Waals surface area contributed by atoms with Gasteiger partial charge in [0.25, 0.3) is 0 Å². The summed E-state index contributed by atoms with van der Waals surface area (Å²) in [5.74, 6) is -0.892. The third-order valence-corrected chi connectivity index (χ3v) is 8.76. The highest BCUT2D eigenvalue weighted by atomic mass is 35.5. The van der Waals surface area contributed by atoms with E-state index in [1.165, 1.54) is 14.2 Å². The summed E-state index contributed by atoms with van der Waals surface area (Å²) in [7, 11) is 2.94. The van der Waals surface area contributed by atoms with Crippen LogP contribution in [-0.2, 0) is 35.0 Å². The van der Waals surface area contributed by atoms with E-state index in [9.17, 15) is 19.5 Å². The molecule has 11 nitrogen and oxygen atoms in total. The second kappa shape index (κ2) is 13.5. The minimum atomic E-state index is -1.77. The Balaban J connectivity index is 1.75. The van der Waals surface area contributed by atoms with Gasteiger partial charge in [0.2, 0.25) is 5.91 Å². The zero-order valence-electron chi connectivity index (χ0n) is 26.3. The molecule has 0 saturated carbocycles. The number of hydrogen-bond donors (Lipinski definition) is 3. The summed E-state index contributed by atoms with van der Waals surface area (Å²) < 4.78 is 28.7. The van der Waals surface area contributed by atoms with E-state index < -0.39 is 59.6 Å². The van der Waals surface area contributed by atoms with Crippen LogP contribution < -0.4 is 15.4 Å². The maximum atomic E-state index is 13.5. The van der Waals surface area contributed by atoms with Crippen molar-refractivity contribution in [2.75, 3.05) is 19.5 Å². The molecule has 3 N–H and O–H groups in total. The molecule has 7 unspecified atom stereocenters. The second-order valence-electron chi connectivity index (χ2n) is 12.5. The molecule has 4 bridgehead atoms. The number of hydrogen-bond acceptors (Lipinski definition) is 9. The van der Waals surface area contributed by atoms with Gasteiger partial charge >= 0.3 is 12.1 Å². The predicted molar refractivity (Wildman–Crippen MR) is 163 cm³/mol. The van der Waals surface area contributed by atoms with Crippen LogP contribution >= 0.6 is 11.6 Å². The molecule has 0 spiro atoms. The minimum Gasteiger partial charge on any atom is -0.495 e. The molecule has 1 aromatic rings. The molecule has 7 atom stereocenters. The molecule has 44 heavy (non-hydrogen) atoms. The number of halogens is 1. The number of amides is 2. The number of carbonyl (C=O) groups excluding carboxylic acids is 3. The summed E-state index contributed by atoms with van der Waals surface area (Å²) in [5, 5.41) is 17.2. The fourth-order valence-corrected chi connectivity index (χ4v) is 6.18. The van der Waals surface area contributed by atoms with Crippen molar-refractivity contribution in [3.05, 3.63) is 46.5 Å². The van der Waals surface area contributed by atoms with Crippen LogP contribution in [0.4, 0.5) is 10.5 Å². The third-order valence-electron chi connectivity index (χ3n) is 8.37. The van der Waals surface area contributed by atoms with E-state index in [4.69, 9.17) is 35.3 Å². The maximum absolute atomic E-state index is 13.5. The van der Waals surface area contributed by atoms with Crippen LogP contribution in [0, 0.1) is 11.8 Å². The third kappa shape index (κ3) is 7.56. The first kappa shape index (κ1) is 33.8. The number of methoxy groups -OCH3 is 2. The van der Waals surface area contributed by atoms with E-state index in [0.29, 0.717) is 17.9 Å². The molecule has 3 aliphatic heterocycles. The van der Waals surface area contributed by atoms with Gasteiger partial charge in [-0.1, -0.05) is 56.2 Å². The highest BCUT2D eigenvalue weighted by Gasteiger charge is 2.64. The van der Waals surface area contributed by atoms with Crippen molar-refractivity contribution < 1.29 is 43.2 Å². The highest BCUT2D eigenvalue weighted by molar-refractivity contribution is 6.35. The molecule has 3 heterocycles. The smallest absolute Gasteiger partial charge is 0.409 e. The SMILES string of the molecule is COc1cc2cc(c1Cl)NC(=O)CC(OC(=O)CC(C)C)C1(C)OC1C(C)C1CC(O)(NC(=O)O1)C(OC)C=CC=C(C)C2. The van der Waals surface area contributed by atoms with E-state index in [1.54, 1.807) is 31.2 Å². The van der Waals surface area contributed by atoms with Crippen molar-refractivity contribution in [3.63, 3.8) is 0 Å². The van der Waals surface area contributed by atoms with Gasteiger partial charge in [0.15, 0.2) is 5.72 Å². The number of allylic oxidation sites excluding steroid dienone is 3. The largest absolute Gasteiger partial charge is 0.495 e. The molecule has 2 fully saturated rings. The predicted octanol–water partition coefficient (Wildman–Crippen LogP) is 4.69. The molecule has 0 radical (unpaired) electrons. The van der Waals surface area contributed by atoms with E-state index in [2.05, 4.69) is 10.6 Å². The zero-order chi connectivity index (χ0) is 32.4. The first-order valence-electron chi connectivity index (χ1n) is 14.8. The lowest BCUT2D eigenvalue weighted by Gasteiger charge is -2.42. The fourth-order valence-electron chi connectivity index (χ4n) is 5.95. The molecule has 0 aromatic heterocycles. The first-order valence-corrected chi connectivity index (χ1v) is 15.2. The molecular formula is C32H43ClN2O9. The van der Waals surface area contributed by atoms with Gasteiger partial charge in [-0.2, -0.15) is 0 Å². The van der Waals surface area contributed by atoms with Crippen LogP contribution in [0.25, 0.3) is 0 Å². The summed E-state index contributed by atoms with van der Waals surface area (Å²) in [6.07, 6.45) is 1.78. The number of alkyl carbamates (subject to hydrolysis) is 1. The molecule has 1 aromatic carbocycles. The second-order valence-corrected chi connectivity index (χ2v) is 12.9. The van der Waals surface area contributed by atoms with Crippen LogP contribution in [0.15, 0.2) is 35.9 Å². The summed E-state index contributed by atoms with van der Waals surface area (Å²) in [6, 6.07) is 3.57. The molecule has 2 amide bonds. The lowest BCUT2D eigenvalue weighted by molar-refractivity contribution is -0.154. The summed E-state index contributed by atoms with van der Waals surface area (Å²) in [5.41, 5.74) is -0.689. The van der Waals surface area contributed by atoms with Gasteiger partial charge in [-0.05, 0) is 43.9 Å². The number of fused-ring (bicyclic) bond motifs is 5. The van der Waals surface area contributed by atoms with Crippen LogP contribution in [0.3, 0.4) is 0 Å². The average molecular weight is 635 g/mol. The number of esters is 1. The van der Waals surface area contributed by atoms with Gasteiger partial charge in [-0.15, -0.1) is 0 Å². The van der Waals surface area contributed by atoms with Crippen LogP contribution in [0.5, 0.6) is 5.75 Å². The first-order chi connectivity index (χ1) is 20.7. The summed E-state index contributed by atoms with van der Waals surface area (Å²) in [4.78, 5) is 39.0. The Labute approximate surface area is 263 Å². The number of benzene rings is 1. The Morgan fingerprint density at radius 1 is 1.25 bits per heavy atom. The van der Waals surface area contributed by atoms with Gasteiger partial charge in [-0.3, -0.25) is 14.9 Å². The lowest BCUT2D eigenvalue weighted by Crippen LogP contribution is -2.63. The summed E-state index contributed by atoms with van der Waals surface area (Å²) >= 11 is 6.58.